The van der Waals surface area contributed by atoms with Gasteiger partial charge in [-0.3, -0.25) is 0 Å². The number of hydrogen-bond acceptors (Lipinski definition) is 2. The van der Waals surface area contributed by atoms with Gasteiger partial charge in [0.2, 0.25) is 0 Å². The first-order valence-corrected chi connectivity index (χ1v) is 3.24. The summed E-state index contributed by atoms with van der Waals surface area (Å²) in [5, 5.41) is 0. The number of hydrogen-bond donors (Lipinski definition) is 0. The minimum atomic E-state index is -0.477. The van der Waals surface area contributed by atoms with Crippen LogP contribution in [-0.4, -0.2) is 5.97 Å². The second-order valence-corrected chi connectivity index (χ2v) is 2.25. The summed E-state index contributed by atoms with van der Waals surface area (Å²) < 4.78 is 4.31. The van der Waals surface area contributed by atoms with Crippen LogP contribution in [0.5, 0.6) is 0 Å². The molecule has 0 aromatic rings. The zero-order chi connectivity index (χ0) is 9.28. The molecule has 0 spiro atoms. The lowest BCUT2D eigenvalue weighted by Gasteiger charge is -1.85. The first-order valence-electron chi connectivity index (χ1n) is 2.48. The summed E-state index contributed by atoms with van der Waals surface area (Å²) >= 11 is 9.69. The van der Waals surface area contributed by atoms with Crippen LogP contribution >= 0.6 is 23.2 Å². The zero-order valence-corrected chi connectivity index (χ0v) is 7.36. The highest BCUT2D eigenvalue weighted by Gasteiger charge is 1.84. The third-order valence-corrected chi connectivity index (χ3v) is 0.366. The van der Waals surface area contributed by atoms with E-state index in [1.165, 1.54) is 0 Å². The molecule has 0 aromatic carbocycles. The fraction of sp³-hybridized carbons (Fsp3) is 0. The molecule has 0 amide bonds. The van der Waals surface area contributed by atoms with Gasteiger partial charge in [-0.05, 0) is 0 Å². The molecule has 0 rings (SSSR count). The molecule has 11 heavy (non-hydrogen) atoms. The van der Waals surface area contributed by atoms with E-state index >= 15 is 0 Å². The Morgan fingerprint density at radius 1 is 1.36 bits per heavy atom. The molecule has 2 nitrogen and oxygen atoms in total. The first-order chi connectivity index (χ1) is 5.04. The Balaban J connectivity index is 0. The minimum Gasteiger partial charge on any atom is -0.432 e. The Bertz CT molecular complexity index is 160. The number of esters is 1. The summed E-state index contributed by atoms with van der Waals surface area (Å²) in [7, 11) is 0. The van der Waals surface area contributed by atoms with Gasteiger partial charge in [0.05, 0.1) is 10.8 Å². The normalized spacial score (nSPS) is 6.73. The van der Waals surface area contributed by atoms with Gasteiger partial charge in [-0.1, -0.05) is 42.9 Å². The van der Waals surface area contributed by atoms with Crippen LogP contribution in [0.4, 0.5) is 0 Å². The van der Waals surface area contributed by atoms with Crippen molar-refractivity contribution in [2.24, 2.45) is 0 Å². The third-order valence-electron chi connectivity index (χ3n) is 0.366. The Morgan fingerprint density at radius 2 is 1.73 bits per heavy atom. The third kappa shape index (κ3) is 26.9. The standard InChI is InChI=1S/C5H6O2.C2H2Cl2/c1-3-5(6)7-4-2;1-2(3)4/h3-4H,1-2H2;1H2. The van der Waals surface area contributed by atoms with E-state index in [0.717, 1.165) is 12.3 Å². The van der Waals surface area contributed by atoms with E-state index in [4.69, 9.17) is 23.2 Å². The Hall–Kier alpha value is -0.730. The van der Waals surface area contributed by atoms with Crippen molar-refractivity contribution in [2.45, 2.75) is 0 Å². The van der Waals surface area contributed by atoms with Gasteiger partial charge in [0.15, 0.2) is 0 Å². The average Bonchev–Trinajstić information content (AvgIpc) is 1.87. The SMILES string of the molecule is C=C(Cl)Cl.C=COC(=O)C=C. The predicted octanol–water partition coefficient (Wildman–Crippen LogP) is 2.79. The van der Waals surface area contributed by atoms with Gasteiger partial charge < -0.3 is 4.74 Å². The van der Waals surface area contributed by atoms with Crippen LogP contribution in [0.25, 0.3) is 0 Å². The monoisotopic (exact) mass is 194 g/mol. The lowest BCUT2D eigenvalue weighted by atomic mass is 10.7. The predicted molar refractivity (Wildman–Crippen MR) is 47.3 cm³/mol. The Labute approximate surface area is 75.7 Å². The van der Waals surface area contributed by atoms with E-state index in [9.17, 15) is 4.79 Å². The molecule has 62 valence electrons. The van der Waals surface area contributed by atoms with Gasteiger partial charge in [0, 0.05) is 6.08 Å². The van der Waals surface area contributed by atoms with Gasteiger partial charge in [-0.2, -0.15) is 0 Å². The second-order valence-electron chi connectivity index (χ2n) is 1.15. The Morgan fingerprint density at radius 3 is 1.82 bits per heavy atom. The van der Waals surface area contributed by atoms with Crippen molar-refractivity contribution in [1.82, 2.24) is 0 Å². The van der Waals surface area contributed by atoms with Gasteiger partial charge in [0.25, 0.3) is 0 Å². The summed E-state index contributed by atoms with van der Waals surface area (Å²) in [6.07, 6.45) is 2.13. The van der Waals surface area contributed by atoms with E-state index in [0.29, 0.717) is 0 Å². The van der Waals surface area contributed by atoms with Gasteiger partial charge >= 0.3 is 5.97 Å². The van der Waals surface area contributed by atoms with Crippen molar-refractivity contribution >= 4 is 29.2 Å². The molecule has 0 aliphatic heterocycles. The number of carbonyl (C=O) groups is 1. The molecule has 0 fully saturated rings. The summed E-state index contributed by atoms with van der Waals surface area (Å²) in [4.78, 5) is 10.0. The van der Waals surface area contributed by atoms with E-state index < -0.39 is 5.97 Å². The molecule has 0 aromatic heterocycles. The maximum Gasteiger partial charge on any atom is 0.334 e. The fourth-order valence-corrected chi connectivity index (χ4v) is 0.130. The van der Waals surface area contributed by atoms with Crippen LogP contribution in [-0.2, 0) is 9.53 Å². The summed E-state index contributed by atoms with van der Waals surface area (Å²) in [6, 6.07) is 0. The summed E-state index contributed by atoms with van der Waals surface area (Å²) in [6.45, 7) is 9.40. The largest absolute Gasteiger partial charge is 0.432 e. The molecular formula is C7H8Cl2O2. The Kier molecular flexibility index (Phi) is 10.9. The van der Waals surface area contributed by atoms with Crippen molar-refractivity contribution < 1.29 is 9.53 Å². The number of carbonyl (C=O) groups excluding carboxylic acids is 1. The van der Waals surface area contributed by atoms with Crippen molar-refractivity contribution in [1.29, 1.82) is 0 Å². The van der Waals surface area contributed by atoms with Crippen molar-refractivity contribution in [3.05, 3.63) is 36.6 Å². The fourth-order valence-electron chi connectivity index (χ4n) is 0.130. The molecular weight excluding hydrogens is 187 g/mol. The molecule has 0 bridgehead atoms. The summed E-state index contributed by atoms with van der Waals surface area (Å²) in [5.74, 6) is -0.477. The highest BCUT2D eigenvalue weighted by Crippen LogP contribution is 1.98. The number of ether oxygens (including phenoxy) is 1. The molecule has 0 aliphatic rings. The van der Waals surface area contributed by atoms with E-state index in [-0.39, 0.29) is 4.49 Å². The van der Waals surface area contributed by atoms with Gasteiger partial charge in [-0.25, -0.2) is 4.79 Å². The maximum absolute atomic E-state index is 10.0. The molecule has 0 saturated carbocycles. The minimum absolute atomic E-state index is 0.111. The molecule has 0 heterocycles. The quantitative estimate of drug-likeness (QED) is 0.384. The second kappa shape index (κ2) is 9.27. The van der Waals surface area contributed by atoms with E-state index in [2.05, 4.69) is 24.5 Å². The molecule has 0 atom stereocenters. The van der Waals surface area contributed by atoms with E-state index in [1.807, 2.05) is 0 Å². The van der Waals surface area contributed by atoms with Gasteiger partial charge in [-0.15, -0.1) is 0 Å². The lowest BCUT2D eigenvalue weighted by Crippen LogP contribution is -1.90. The first kappa shape index (κ1) is 12.9. The smallest absolute Gasteiger partial charge is 0.334 e. The molecule has 0 unspecified atom stereocenters. The topological polar surface area (TPSA) is 26.3 Å². The highest BCUT2D eigenvalue weighted by molar-refractivity contribution is 6.55. The van der Waals surface area contributed by atoms with Gasteiger partial charge in [0.1, 0.15) is 0 Å². The van der Waals surface area contributed by atoms with Crippen molar-refractivity contribution in [2.75, 3.05) is 0 Å². The van der Waals surface area contributed by atoms with Crippen LogP contribution in [0.15, 0.2) is 36.6 Å². The van der Waals surface area contributed by atoms with Crippen LogP contribution in [0.3, 0.4) is 0 Å². The zero-order valence-electron chi connectivity index (χ0n) is 5.85. The summed E-state index contributed by atoms with van der Waals surface area (Å²) in [5.41, 5.74) is 0. The van der Waals surface area contributed by atoms with Crippen LogP contribution in [0.2, 0.25) is 0 Å². The maximum atomic E-state index is 10.0. The lowest BCUT2D eigenvalue weighted by molar-refractivity contribution is -0.132. The molecule has 0 radical (unpaired) electrons. The van der Waals surface area contributed by atoms with Crippen LogP contribution < -0.4 is 0 Å². The molecule has 0 N–H and O–H groups in total. The average molecular weight is 195 g/mol. The van der Waals surface area contributed by atoms with Crippen LogP contribution in [0.1, 0.15) is 0 Å². The van der Waals surface area contributed by atoms with E-state index in [1.54, 1.807) is 0 Å². The molecule has 0 aliphatic carbocycles. The highest BCUT2D eigenvalue weighted by atomic mass is 35.5. The number of rotatable bonds is 2. The van der Waals surface area contributed by atoms with Crippen molar-refractivity contribution in [3.8, 4) is 0 Å². The molecule has 4 heteroatoms. The number of halogens is 2. The van der Waals surface area contributed by atoms with Crippen LogP contribution in [0, 0.1) is 0 Å². The van der Waals surface area contributed by atoms with Crippen molar-refractivity contribution in [3.63, 3.8) is 0 Å². The molecule has 0 saturated heterocycles.